The summed E-state index contributed by atoms with van der Waals surface area (Å²) in [7, 11) is 0. The van der Waals surface area contributed by atoms with Crippen LogP contribution in [0.2, 0.25) is 0 Å². The highest BCUT2D eigenvalue weighted by Gasteiger charge is 2.13. The molecule has 0 spiro atoms. The van der Waals surface area contributed by atoms with Crippen LogP contribution in [-0.2, 0) is 0 Å². The summed E-state index contributed by atoms with van der Waals surface area (Å²) in [6, 6.07) is 3.28. The van der Waals surface area contributed by atoms with Crippen LogP contribution in [0.25, 0.3) is 5.82 Å². The molecule has 2 aromatic heterocycles. The molecule has 0 fully saturated rings. The summed E-state index contributed by atoms with van der Waals surface area (Å²) in [4.78, 5) is 15.9. The van der Waals surface area contributed by atoms with Crippen molar-refractivity contribution in [2.45, 2.75) is 26.3 Å². The highest BCUT2D eigenvalue weighted by atomic mass is 16.2. The highest BCUT2D eigenvalue weighted by molar-refractivity contribution is 5.89. The fourth-order valence-corrected chi connectivity index (χ4v) is 1.43. The molecule has 2 heterocycles. The lowest BCUT2D eigenvalue weighted by Gasteiger charge is -2.20. The third kappa shape index (κ3) is 3.77. The zero-order valence-electron chi connectivity index (χ0n) is 11.1. The maximum absolute atomic E-state index is 11.7. The number of anilines is 1. The molecule has 2 rings (SSSR count). The maximum Gasteiger partial charge on any atom is 0.319 e. The Morgan fingerprint density at radius 1 is 1.21 bits per heavy atom. The van der Waals surface area contributed by atoms with Crippen molar-refractivity contribution >= 4 is 11.7 Å². The Morgan fingerprint density at radius 3 is 2.42 bits per heavy atom. The number of pyridine rings is 1. The van der Waals surface area contributed by atoms with Gasteiger partial charge in [0.1, 0.15) is 18.5 Å². The van der Waals surface area contributed by atoms with Gasteiger partial charge in [-0.2, -0.15) is 0 Å². The lowest BCUT2D eigenvalue weighted by molar-refractivity contribution is 0.244. The van der Waals surface area contributed by atoms with E-state index in [1.54, 1.807) is 35.6 Å². The average Bonchev–Trinajstić information content (AvgIpc) is 2.80. The van der Waals surface area contributed by atoms with Gasteiger partial charge in [-0.1, -0.05) is 0 Å². The third-order valence-corrected chi connectivity index (χ3v) is 2.18. The van der Waals surface area contributed by atoms with Crippen molar-refractivity contribution in [3.63, 3.8) is 0 Å². The molecule has 0 aliphatic rings. The molecular weight excluding hydrogens is 244 g/mol. The Balaban J connectivity index is 2.01. The van der Waals surface area contributed by atoms with Gasteiger partial charge in [0, 0.05) is 5.54 Å². The number of urea groups is 1. The molecule has 2 aromatic rings. The summed E-state index contributed by atoms with van der Waals surface area (Å²) < 4.78 is 1.68. The molecule has 0 aromatic carbocycles. The minimum absolute atomic E-state index is 0.258. The second kappa shape index (κ2) is 5.05. The molecule has 100 valence electrons. The summed E-state index contributed by atoms with van der Waals surface area (Å²) >= 11 is 0. The van der Waals surface area contributed by atoms with E-state index in [2.05, 4.69) is 25.8 Å². The minimum atomic E-state index is -0.278. The van der Waals surface area contributed by atoms with Crippen LogP contribution >= 0.6 is 0 Å². The first-order valence-corrected chi connectivity index (χ1v) is 5.84. The molecular formula is C12H16N6O. The molecule has 0 saturated heterocycles. The zero-order chi connectivity index (χ0) is 13.9. The first-order chi connectivity index (χ1) is 8.94. The standard InChI is InChI=1S/C12H16N6O/c1-12(2,3)17-11(19)16-9-4-5-10(13-6-9)18-7-14-15-8-18/h4-8H,1-3H3,(H2,16,17,19). The molecule has 0 bridgehead atoms. The van der Waals surface area contributed by atoms with Gasteiger partial charge in [-0.05, 0) is 32.9 Å². The third-order valence-electron chi connectivity index (χ3n) is 2.18. The van der Waals surface area contributed by atoms with E-state index in [-0.39, 0.29) is 11.6 Å². The molecule has 0 unspecified atom stereocenters. The van der Waals surface area contributed by atoms with Gasteiger partial charge in [-0.3, -0.25) is 4.57 Å². The van der Waals surface area contributed by atoms with E-state index < -0.39 is 0 Å². The molecule has 0 aliphatic heterocycles. The highest BCUT2D eigenvalue weighted by Crippen LogP contribution is 2.09. The largest absolute Gasteiger partial charge is 0.333 e. The van der Waals surface area contributed by atoms with Gasteiger partial charge in [0.2, 0.25) is 0 Å². The Morgan fingerprint density at radius 2 is 1.89 bits per heavy atom. The van der Waals surface area contributed by atoms with E-state index in [1.165, 1.54) is 0 Å². The van der Waals surface area contributed by atoms with E-state index in [4.69, 9.17) is 0 Å². The van der Waals surface area contributed by atoms with E-state index in [1.807, 2.05) is 20.8 Å². The minimum Gasteiger partial charge on any atom is -0.333 e. The SMILES string of the molecule is CC(C)(C)NC(=O)Nc1ccc(-n2cnnc2)nc1. The number of hydrogen-bond acceptors (Lipinski definition) is 4. The van der Waals surface area contributed by atoms with Crippen LogP contribution in [0.5, 0.6) is 0 Å². The Labute approximate surface area is 111 Å². The molecule has 0 saturated carbocycles. The number of nitrogens with zero attached hydrogens (tertiary/aromatic N) is 4. The van der Waals surface area contributed by atoms with Crippen molar-refractivity contribution in [3.05, 3.63) is 31.0 Å². The van der Waals surface area contributed by atoms with Gasteiger partial charge in [0.25, 0.3) is 0 Å². The van der Waals surface area contributed by atoms with E-state index in [9.17, 15) is 4.79 Å². The molecule has 7 nitrogen and oxygen atoms in total. The number of amides is 2. The number of nitrogens with one attached hydrogen (secondary N) is 2. The van der Waals surface area contributed by atoms with Gasteiger partial charge < -0.3 is 10.6 Å². The Kier molecular flexibility index (Phi) is 3.46. The first-order valence-electron chi connectivity index (χ1n) is 5.84. The lowest BCUT2D eigenvalue weighted by atomic mass is 10.1. The van der Waals surface area contributed by atoms with Gasteiger partial charge in [-0.25, -0.2) is 9.78 Å². The second-order valence-electron chi connectivity index (χ2n) is 5.10. The van der Waals surface area contributed by atoms with Crippen molar-refractivity contribution in [3.8, 4) is 5.82 Å². The quantitative estimate of drug-likeness (QED) is 0.858. The molecule has 2 N–H and O–H groups in total. The Hall–Kier alpha value is -2.44. The Bertz CT molecular complexity index is 541. The molecule has 0 aliphatic carbocycles. The number of hydrogen-bond donors (Lipinski definition) is 2. The van der Waals surface area contributed by atoms with E-state index >= 15 is 0 Å². The van der Waals surface area contributed by atoms with E-state index in [0.29, 0.717) is 11.5 Å². The van der Waals surface area contributed by atoms with Crippen molar-refractivity contribution in [1.29, 1.82) is 0 Å². The number of rotatable bonds is 2. The average molecular weight is 260 g/mol. The number of carbonyl (C=O) groups excluding carboxylic acids is 1. The molecule has 7 heteroatoms. The zero-order valence-corrected chi connectivity index (χ0v) is 11.1. The van der Waals surface area contributed by atoms with E-state index in [0.717, 1.165) is 0 Å². The van der Waals surface area contributed by atoms with Crippen molar-refractivity contribution in [2.75, 3.05) is 5.32 Å². The summed E-state index contributed by atoms with van der Waals surface area (Å²) in [6.45, 7) is 5.75. The lowest BCUT2D eigenvalue weighted by Crippen LogP contribution is -2.43. The predicted octanol–water partition coefficient (Wildman–Crippen LogP) is 1.58. The normalized spacial score (nSPS) is 11.1. The molecule has 19 heavy (non-hydrogen) atoms. The van der Waals surface area contributed by atoms with Gasteiger partial charge in [0.05, 0.1) is 11.9 Å². The summed E-state index contributed by atoms with van der Waals surface area (Å²) in [5.41, 5.74) is 0.346. The topological polar surface area (TPSA) is 84.7 Å². The van der Waals surface area contributed by atoms with Crippen LogP contribution in [0.1, 0.15) is 20.8 Å². The number of carbonyl (C=O) groups is 1. The molecule has 0 radical (unpaired) electrons. The number of aromatic nitrogens is 4. The van der Waals surface area contributed by atoms with Crippen LogP contribution in [0.15, 0.2) is 31.0 Å². The maximum atomic E-state index is 11.7. The van der Waals surface area contributed by atoms with Crippen LogP contribution in [0.4, 0.5) is 10.5 Å². The smallest absolute Gasteiger partial charge is 0.319 e. The van der Waals surface area contributed by atoms with Crippen LogP contribution < -0.4 is 10.6 Å². The van der Waals surface area contributed by atoms with Crippen LogP contribution in [0.3, 0.4) is 0 Å². The second-order valence-corrected chi connectivity index (χ2v) is 5.10. The van der Waals surface area contributed by atoms with Gasteiger partial charge in [-0.15, -0.1) is 10.2 Å². The fourth-order valence-electron chi connectivity index (χ4n) is 1.43. The van der Waals surface area contributed by atoms with Crippen LogP contribution in [0, 0.1) is 0 Å². The van der Waals surface area contributed by atoms with Crippen molar-refractivity contribution in [2.24, 2.45) is 0 Å². The van der Waals surface area contributed by atoms with Crippen molar-refractivity contribution in [1.82, 2.24) is 25.1 Å². The van der Waals surface area contributed by atoms with Gasteiger partial charge >= 0.3 is 6.03 Å². The monoisotopic (exact) mass is 260 g/mol. The predicted molar refractivity (Wildman–Crippen MR) is 71.1 cm³/mol. The van der Waals surface area contributed by atoms with Crippen molar-refractivity contribution < 1.29 is 4.79 Å². The van der Waals surface area contributed by atoms with Gasteiger partial charge in [0.15, 0.2) is 0 Å². The van der Waals surface area contributed by atoms with Crippen LogP contribution in [-0.4, -0.2) is 31.3 Å². The summed E-state index contributed by atoms with van der Waals surface area (Å²) in [5.74, 6) is 0.687. The molecule has 0 atom stereocenters. The fraction of sp³-hybridized carbons (Fsp3) is 0.333. The summed E-state index contributed by atoms with van der Waals surface area (Å²) in [6.07, 6.45) is 4.70. The summed E-state index contributed by atoms with van der Waals surface area (Å²) in [5, 5.41) is 12.9. The first kappa shape index (κ1) is 13.0. The molecule has 2 amide bonds.